The standard InChI is InChI=1S/C13H24N4O2S4/c1-17(5-9-23)11-10(15(3-7-21)13(17)19)14(2-6-20)12(18)16(11)4-8-22/h10-11H,2-9H2,1H3,(H3-,20,21,22,23)/p+1. The van der Waals surface area contributed by atoms with E-state index in [2.05, 4.69) is 50.5 Å². The van der Waals surface area contributed by atoms with Crippen molar-refractivity contribution in [1.82, 2.24) is 14.7 Å². The van der Waals surface area contributed by atoms with E-state index in [-0.39, 0.29) is 28.9 Å². The lowest BCUT2D eigenvalue weighted by atomic mass is 10.3. The average Bonchev–Trinajstić information content (AvgIpc) is 2.89. The molecule has 6 nitrogen and oxygen atoms in total. The highest BCUT2D eigenvalue weighted by Gasteiger charge is 2.67. The number of rotatable bonds is 8. The molecule has 3 atom stereocenters. The second kappa shape index (κ2) is 7.99. The average molecular weight is 398 g/mol. The molecule has 0 N–H and O–H groups in total. The summed E-state index contributed by atoms with van der Waals surface area (Å²) >= 11 is 17.2. The first kappa shape index (κ1) is 19.4. The van der Waals surface area contributed by atoms with Gasteiger partial charge in [-0.15, -0.1) is 0 Å². The Morgan fingerprint density at radius 2 is 1.39 bits per heavy atom. The van der Waals surface area contributed by atoms with Crippen LogP contribution in [0.25, 0.3) is 0 Å². The zero-order valence-corrected chi connectivity index (χ0v) is 16.8. The number of hydrogen-bond acceptors (Lipinski definition) is 6. The van der Waals surface area contributed by atoms with E-state index >= 15 is 0 Å². The van der Waals surface area contributed by atoms with Gasteiger partial charge in [0.25, 0.3) is 0 Å². The van der Waals surface area contributed by atoms with Crippen LogP contribution in [0.2, 0.25) is 0 Å². The Hall–Kier alpha value is 0.1000. The second-order valence-electron chi connectivity index (χ2n) is 5.86. The molecule has 2 aliphatic heterocycles. The summed E-state index contributed by atoms with van der Waals surface area (Å²) in [6.45, 7) is 2.14. The van der Waals surface area contributed by atoms with Crippen LogP contribution in [-0.2, 0) is 0 Å². The molecule has 0 spiro atoms. The van der Waals surface area contributed by atoms with E-state index in [4.69, 9.17) is 0 Å². The van der Waals surface area contributed by atoms with Gasteiger partial charge in [-0.05, 0) is 0 Å². The molecular formula is C13H25N4O2S4+. The highest BCUT2D eigenvalue weighted by atomic mass is 32.1. The number of carbonyl (C=O) groups is 2. The summed E-state index contributed by atoms with van der Waals surface area (Å²) < 4.78 is 0.171. The summed E-state index contributed by atoms with van der Waals surface area (Å²) in [6, 6.07) is -0.00722. The summed E-state index contributed by atoms with van der Waals surface area (Å²) in [6.07, 6.45) is -0.492. The van der Waals surface area contributed by atoms with Gasteiger partial charge >= 0.3 is 12.1 Å². The highest BCUT2D eigenvalue weighted by Crippen LogP contribution is 2.39. The van der Waals surface area contributed by atoms with Crippen molar-refractivity contribution >= 4 is 62.6 Å². The van der Waals surface area contributed by atoms with Gasteiger partial charge in [0.05, 0.1) is 13.6 Å². The normalized spacial score (nSPS) is 30.6. The van der Waals surface area contributed by atoms with Crippen LogP contribution in [-0.4, -0.2) is 99.8 Å². The van der Waals surface area contributed by atoms with Crippen molar-refractivity contribution in [2.45, 2.75) is 12.3 Å². The van der Waals surface area contributed by atoms with Gasteiger partial charge in [0.2, 0.25) is 6.17 Å². The van der Waals surface area contributed by atoms with Crippen molar-refractivity contribution in [2.75, 3.05) is 56.2 Å². The molecule has 0 saturated carbocycles. The first-order valence-corrected chi connectivity index (χ1v) is 10.2. The van der Waals surface area contributed by atoms with Gasteiger partial charge in [-0.25, -0.2) is 14.1 Å². The Bertz CT molecular complexity index is 465. The Balaban J connectivity index is 2.47. The molecule has 2 rings (SSSR count). The van der Waals surface area contributed by atoms with Crippen molar-refractivity contribution < 1.29 is 14.1 Å². The first-order valence-electron chi connectivity index (χ1n) is 7.65. The predicted molar refractivity (Wildman–Crippen MR) is 105 cm³/mol. The Morgan fingerprint density at radius 3 is 1.91 bits per heavy atom. The largest absolute Gasteiger partial charge is 0.422 e. The minimum absolute atomic E-state index is 0.0314. The zero-order valence-electron chi connectivity index (χ0n) is 13.2. The Kier molecular flexibility index (Phi) is 6.74. The summed E-state index contributed by atoms with van der Waals surface area (Å²) in [5, 5.41) is 0. The molecule has 2 aliphatic rings. The fraction of sp³-hybridized carbons (Fsp3) is 0.846. The molecule has 10 heteroatoms. The van der Waals surface area contributed by atoms with E-state index in [1.165, 1.54) is 0 Å². The maximum Gasteiger partial charge on any atom is 0.422 e. The molecule has 3 unspecified atom stereocenters. The molecular weight excluding hydrogens is 372 g/mol. The van der Waals surface area contributed by atoms with Gasteiger partial charge in [0.15, 0.2) is 6.17 Å². The summed E-state index contributed by atoms with van der Waals surface area (Å²) in [5.74, 6) is 2.26. The number of fused-ring (bicyclic) bond motifs is 1. The molecule has 0 aliphatic carbocycles. The summed E-state index contributed by atoms with van der Waals surface area (Å²) in [7, 11) is 1.90. The topological polar surface area (TPSA) is 43.9 Å². The molecule has 2 fully saturated rings. The quantitative estimate of drug-likeness (QED) is 0.364. The lowest BCUT2D eigenvalue weighted by Gasteiger charge is -2.34. The highest BCUT2D eigenvalue weighted by molar-refractivity contribution is 7.80. The van der Waals surface area contributed by atoms with E-state index in [1.54, 1.807) is 14.7 Å². The molecule has 2 heterocycles. The number of urea groups is 2. The van der Waals surface area contributed by atoms with Gasteiger partial charge in [-0.3, -0.25) is 14.7 Å². The number of amides is 4. The Morgan fingerprint density at radius 1 is 0.870 bits per heavy atom. The third-order valence-electron chi connectivity index (χ3n) is 4.57. The molecule has 0 radical (unpaired) electrons. The maximum atomic E-state index is 13.1. The number of likely N-dealkylation sites (N-methyl/N-ethyl adjacent to an activating group) is 1. The minimum atomic E-state index is -0.265. The van der Waals surface area contributed by atoms with Crippen molar-refractivity contribution in [3.8, 4) is 0 Å². The smallest absolute Gasteiger partial charge is 0.295 e. The lowest BCUT2D eigenvalue weighted by molar-refractivity contribution is -0.855. The molecule has 0 aromatic rings. The van der Waals surface area contributed by atoms with Crippen LogP contribution < -0.4 is 0 Å². The molecule has 4 amide bonds. The second-order valence-corrected chi connectivity index (χ2v) is 7.65. The molecule has 23 heavy (non-hydrogen) atoms. The van der Waals surface area contributed by atoms with Gasteiger partial charge in [-0.1, -0.05) is 0 Å². The van der Waals surface area contributed by atoms with E-state index in [1.807, 2.05) is 7.05 Å². The molecule has 0 bridgehead atoms. The van der Waals surface area contributed by atoms with Crippen molar-refractivity contribution in [3.63, 3.8) is 0 Å². The van der Waals surface area contributed by atoms with Crippen LogP contribution in [0.15, 0.2) is 0 Å². The van der Waals surface area contributed by atoms with Crippen molar-refractivity contribution in [1.29, 1.82) is 0 Å². The summed E-state index contributed by atoms with van der Waals surface area (Å²) in [4.78, 5) is 31.3. The number of thiol groups is 4. The number of carbonyl (C=O) groups excluding carboxylic acids is 2. The molecule has 0 aromatic heterocycles. The number of hydrogen-bond donors (Lipinski definition) is 4. The zero-order chi connectivity index (χ0) is 17.2. The fourth-order valence-electron chi connectivity index (χ4n) is 3.61. The molecule has 0 aromatic carbocycles. The third-order valence-corrected chi connectivity index (χ3v) is 5.37. The monoisotopic (exact) mass is 397 g/mol. The molecule has 132 valence electrons. The van der Waals surface area contributed by atoms with E-state index in [0.717, 1.165) is 0 Å². The Labute approximate surface area is 159 Å². The van der Waals surface area contributed by atoms with Crippen molar-refractivity contribution in [2.24, 2.45) is 0 Å². The van der Waals surface area contributed by atoms with Gasteiger partial charge in [0, 0.05) is 42.6 Å². The van der Waals surface area contributed by atoms with E-state index in [9.17, 15) is 9.59 Å². The van der Waals surface area contributed by atoms with E-state index < -0.39 is 0 Å². The minimum Gasteiger partial charge on any atom is -0.295 e. The first-order chi connectivity index (χ1) is 11.0. The predicted octanol–water partition coefficient (Wildman–Crippen LogP) is 0.978. The number of quaternary nitrogens is 1. The van der Waals surface area contributed by atoms with Crippen LogP contribution in [0.4, 0.5) is 9.59 Å². The van der Waals surface area contributed by atoms with Crippen LogP contribution in [0.5, 0.6) is 0 Å². The SMILES string of the molecule is C[N+]1(CCS)C(=O)N(CCS)C2C1N(CCS)C(=O)N2CCS. The van der Waals surface area contributed by atoms with Crippen molar-refractivity contribution in [3.05, 3.63) is 0 Å². The van der Waals surface area contributed by atoms with Gasteiger partial charge in [-0.2, -0.15) is 50.5 Å². The third kappa shape index (κ3) is 3.17. The summed E-state index contributed by atoms with van der Waals surface area (Å²) in [5.41, 5.74) is 0. The van der Waals surface area contributed by atoms with Gasteiger partial charge < -0.3 is 0 Å². The lowest BCUT2D eigenvalue weighted by Crippen LogP contribution is -2.60. The van der Waals surface area contributed by atoms with Crippen LogP contribution in [0, 0.1) is 0 Å². The van der Waals surface area contributed by atoms with E-state index in [0.29, 0.717) is 49.2 Å². The van der Waals surface area contributed by atoms with Crippen LogP contribution >= 0.6 is 50.5 Å². The fourth-order valence-corrected chi connectivity index (χ4v) is 4.67. The number of nitrogens with zero attached hydrogens (tertiary/aromatic N) is 4. The van der Waals surface area contributed by atoms with Crippen LogP contribution in [0.1, 0.15) is 0 Å². The van der Waals surface area contributed by atoms with Gasteiger partial charge in [0.1, 0.15) is 0 Å². The molecule has 2 saturated heterocycles. The van der Waals surface area contributed by atoms with Crippen LogP contribution in [0.3, 0.4) is 0 Å². The maximum absolute atomic E-state index is 13.1.